The van der Waals surface area contributed by atoms with Gasteiger partial charge in [-0.1, -0.05) is 52.4 Å². The molecule has 0 aliphatic carbocycles. The van der Waals surface area contributed by atoms with Gasteiger partial charge in [-0.3, -0.25) is 0 Å². The van der Waals surface area contributed by atoms with Gasteiger partial charge in [0.25, 0.3) is 0 Å². The van der Waals surface area contributed by atoms with E-state index in [-0.39, 0.29) is 11.7 Å². The molecule has 130 valence electrons. The molecule has 0 saturated carbocycles. The zero-order valence-corrected chi connectivity index (χ0v) is 14.2. The highest BCUT2D eigenvalue weighted by atomic mass is 19.2. The van der Waals surface area contributed by atoms with Crippen LogP contribution in [0.25, 0.3) is 0 Å². The number of unbranched alkanes of at least 4 members (excludes halogenated alkanes) is 6. The van der Waals surface area contributed by atoms with Crippen LogP contribution in [0.5, 0.6) is 0 Å². The van der Waals surface area contributed by atoms with Gasteiger partial charge < -0.3 is 4.74 Å². The minimum absolute atomic E-state index is 0.0573. The summed E-state index contributed by atoms with van der Waals surface area (Å²) in [6.45, 7) is 4.16. The molecule has 0 spiro atoms. The van der Waals surface area contributed by atoms with Crippen LogP contribution in [0, 0.1) is 11.6 Å². The van der Waals surface area contributed by atoms with Crippen LogP contribution >= 0.6 is 0 Å². The van der Waals surface area contributed by atoms with Gasteiger partial charge in [0, 0.05) is 0 Å². The highest BCUT2D eigenvalue weighted by Gasteiger charge is 2.16. The molecule has 0 amide bonds. The van der Waals surface area contributed by atoms with Crippen LogP contribution in [0.2, 0.25) is 0 Å². The van der Waals surface area contributed by atoms with Gasteiger partial charge in [0.2, 0.25) is 0 Å². The first-order chi connectivity index (χ1) is 11.1. The maximum absolute atomic E-state index is 13.2. The predicted octanol–water partition coefficient (Wildman–Crippen LogP) is 6.04. The van der Waals surface area contributed by atoms with Crippen molar-refractivity contribution >= 4 is 5.97 Å². The lowest BCUT2D eigenvalue weighted by molar-refractivity contribution is 0.0266. The number of benzene rings is 1. The summed E-state index contributed by atoms with van der Waals surface area (Å²) in [4.78, 5) is 12.0. The summed E-state index contributed by atoms with van der Waals surface area (Å²) in [7, 11) is 0. The monoisotopic (exact) mass is 326 g/mol. The van der Waals surface area contributed by atoms with E-state index in [4.69, 9.17) is 4.74 Å². The van der Waals surface area contributed by atoms with Crippen molar-refractivity contribution in [1.29, 1.82) is 0 Å². The number of carbonyl (C=O) groups excluding carboxylic acids is 1. The van der Waals surface area contributed by atoms with E-state index in [1.54, 1.807) is 0 Å². The van der Waals surface area contributed by atoms with Gasteiger partial charge >= 0.3 is 5.97 Å². The number of ether oxygens (including phenoxy) is 1. The van der Waals surface area contributed by atoms with Crippen molar-refractivity contribution in [2.24, 2.45) is 0 Å². The Balaban J connectivity index is 2.31. The second kappa shape index (κ2) is 11.1. The first-order valence-corrected chi connectivity index (χ1v) is 8.74. The fourth-order valence-corrected chi connectivity index (χ4v) is 2.52. The Hall–Kier alpha value is -1.45. The van der Waals surface area contributed by atoms with Crippen LogP contribution in [0.3, 0.4) is 0 Å². The Morgan fingerprint density at radius 1 is 1.00 bits per heavy atom. The molecule has 0 bridgehead atoms. The van der Waals surface area contributed by atoms with Crippen LogP contribution < -0.4 is 0 Å². The summed E-state index contributed by atoms with van der Waals surface area (Å²) in [6, 6.07) is 3.09. The largest absolute Gasteiger partial charge is 0.459 e. The van der Waals surface area contributed by atoms with E-state index in [2.05, 4.69) is 6.92 Å². The van der Waals surface area contributed by atoms with Crippen molar-refractivity contribution < 1.29 is 18.3 Å². The Bertz CT molecular complexity index is 474. The van der Waals surface area contributed by atoms with Crippen LogP contribution in [0.15, 0.2) is 18.2 Å². The molecule has 0 saturated heterocycles. The molecule has 2 nitrogen and oxygen atoms in total. The van der Waals surface area contributed by atoms with Gasteiger partial charge in [0.15, 0.2) is 11.6 Å². The molecular weight excluding hydrogens is 298 g/mol. The number of hydrogen-bond acceptors (Lipinski definition) is 2. The molecule has 1 aromatic carbocycles. The Morgan fingerprint density at radius 2 is 1.65 bits per heavy atom. The molecule has 0 aliphatic rings. The second-order valence-corrected chi connectivity index (χ2v) is 5.97. The van der Waals surface area contributed by atoms with E-state index in [0.29, 0.717) is 0 Å². The third-order valence-electron chi connectivity index (χ3n) is 4.01. The first kappa shape index (κ1) is 19.6. The molecule has 0 N–H and O–H groups in total. The molecule has 1 atom stereocenters. The Morgan fingerprint density at radius 3 is 2.26 bits per heavy atom. The van der Waals surface area contributed by atoms with E-state index < -0.39 is 17.6 Å². The number of halogens is 2. The SMILES string of the molecule is CCCCCCCCCC(CC)OC(=O)c1ccc(F)c(F)c1. The summed E-state index contributed by atoms with van der Waals surface area (Å²) in [5, 5.41) is 0. The molecule has 0 fully saturated rings. The zero-order chi connectivity index (χ0) is 17.1. The van der Waals surface area contributed by atoms with Crippen molar-refractivity contribution in [2.45, 2.75) is 77.7 Å². The molecule has 1 rings (SSSR count). The van der Waals surface area contributed by atoms with E-state index >= 15 is 0 Å². The summed E-state index contributed by atoms with van der Waals surface area (Å²) in [6.07, 6.45) is 9.86. The normalized spacial score (nSPS) is 12.2. The molecule has 0 radical (unpaired) electrons. The quantitative estimate of drug-likeness (QED) is 0.366. The lowest BCUT2D eigenvalue weighted by atomic mass is 10.1. The smallest absolute Gasteiger partial charge is 0.338 e. The second-order valence-electron chi connectivity index (χ2n) is 5.97. The number of esters is 1. The predicted molar refractivity (Wildman–Crippen MR) is 88.5 cm³/mol. The van der Waals surface area contributed by atoms with E-state index in [1.807, 2.05) is 6.92 Å². The van der Waals surface area contributed by atoms with Crippen LogP contribution in [0.4, 0.5) is 8.78 Å². The average molecular weight is 326 g/mol. The molecule has 0 aromatic heterocycles. The molecule has 4 heteroatoms. The van der Waals surface area contributed by atoms with Crippen molar-refractivity contribution in [1.82, 2.24) is 0 Å². The van der Waals surface area contributed by atoms with Crippen molar-refractivity contribution in [2.75, 3.05) is 0 Å². The number of carbonyl (C=O) groups is 1. The summed E-state index contributed by atoms with van der Waals surface area (Å²) < 4.78 is 31.4. The number of hydrogen-bond donors (Lipinski definition) is 0. The van der Waals surface area contributed by atoms with Gasteiger partial charge in [-0.05, 0) is 37.5 Å². The highest BCUT2D eigenvalue weighted by Crippen LogP contribution is 2.16. The highest BCUT2D eigenvalue weighted by molar-refractivity contribution is 5.89. The molecule has 1 aromatic rings. The van der Waals surface area contributed by atoms with Gasteiger partial charge in [-0.2, -0.15) is 0 Å². The summed E-state index contributed by atoms with van der Waals surface area (Å²) >= 11 is 0. The lowest BCUT2D eigenvalue weighted by Crippen LogP contribution is -2.17. The van der Waals surface area contributed by atoms with Crippen molar-refractivity contribution in [3.8, 4) is 0 Å². The Labute approximate surface area is 138 Å². The lowest BCUT2D eigenvalue weighted by Gasteiger charge is -2.16. The van der Waals surface area contributed by atoms with Crippen molar-refractivity contribution in [3.63, 3.8) is 0 Å². The molecule has 0 heterocycles. The van der Waals surface area contributed by atoms with Gasteiger partial charge in [0.1, 0.15) is 6.10 Å². The average Bonchev–Trinajstić information content (AvgIpc) is 2.55. The van der Waals surface area contributed by atoms with Crippen LogP contribution in [-0.4, -0.2) is 12.1 Å². The first-order valence-electron chi connectivity index (χ1n) is 8.74. The van der Waals surface area contributed by atoms with Gasteiger partial charge in [-0.15, -0.1) is 0 Å². The van der Waals surface area contributed by atoms with Crippen molar-refractivity contribution in [3.05, 3.63) is 35.4 Å². The summed E-state index contributed by atoms with van der Waals surface area (Å²) in [5.41, 5.74) is 0.0573. The minimum Gasteiger partial charge on any atom is -0.459 e. The fourth-order valence-electron chi connectivity index (χ4n) is 2.52. The van der Waals surface area contributed by atoms with E-state index in [0.717, 1.165) is 37.8 Å². The number of rotatable bonds is 11. The van der Waals surface area contributed by atoms with Crippen LogP contribution in [-0.2, 0) is 4.74 Å². The van der Waals surface area contributed by atoms with Crippen LogP contribution in [0.1, 0.15) is 82.0 Å². The van der Waals surface area contributed by atoms with E-state index in [1.165, 1.54) is 38.2 Å². The topological polar surface area (TPSA) is 26.3 Å². The standard InChI is InChI=1S/C19H28F2O2/c1-3-5-6-7-8-9-10-11-16(4-2)23-19(22)15-12-13-17(20)18(21)14-15/h12-14,16H,3-11H2,1-2H3. The zero-order valence-electron chi connectivity index (χ0n) is 14.2. The maximum Gasteiger partial charge on any atom is 0.338 e. The molecule has 23 heavy (non-hydrogen) atoms. The van der Waals surface area contributed by atoms with E-state index in [9.17, 15) is 13.6 Å². The Kier molecular flexibility index (Phi) is 9.49. The fraction of sp³-hybridized carbons (Fsp3) is 0.632. The third kappa shape index (κ3) is 7.58. The molecule has 0 aliphatic heterocycles. The molecule has 1 unspecified atom stereocenters. The van der Waals surface area contributed by atoms with Gasteiger partial charge in [0.05, 0.1) is 5.56 Å². The van der Waals surface area contributed by atoms with Gasteiger partial charge in [-0.25, -0.2) is 13.6 Å². The molecular formula is C19H28F2O2. The maximum atomic E-state index is 13.2. The summed E-state index contributed by atoms with van der Waals surface area (Å²) in [5.74, 6) is -2.57. The minimum atomic E-state index is -1.03. The third-order valence-corrected chi connectivity index (χ3v) is 4.01.